The molecule has 3 rings (SSSR count). The lowest BCUT2D eigenvalue weighted by Gasteiger charge is -2.35. The summed E-state index contributed by atoms with van der Waals surface area (Å²) < 4.78 is 5.10. The summed E-state index contributed by atoms with van der Waals surface area (Å²) in [6.45, 7) is 3.21. The topological polar surface area (TPSA) is 68.6 Å². The van der Waals surface area contributed by atoms with Crippen molar-refractivity contribution >= 4 is 17.3 Å². The first-order valence-corrected chi connectivity index (χ1v) is 8.81. The SMILES string of the molecule is COc1ccc(NC(=O)C(C#N)=CN2CCN(c3ccccc3)CC2)cc1. The highest BCUT2D eigenvalue weighted by Gasteiger charge is 2.17. The number of benzene rings is 2. The van der Waals surface area contributed by atoms with E-state index < -0.39 is 5.91 Å². The van der Waals surface area contributed by atoms with Gasteiger partial charge in [0.1, 0.15) is 17.4 Å². The third-order valence-electron chi connectivity index (χ3n) is 4.46. The zero-order valence-corrected chi connectivity index (χ0v) is 15.3. The van der Waals surface area contributed by atoms with Crippen LogP contribution in [0.2, 0.25) is 0 Å². The third-order valence-corrected chi connectivity index (χ3v) is 4.46. The van der Waals surface area contributed by atoms with Crippen LogP contribution in [-0.4, -0.2) is 44.1 Å². The summed E-state index contributed by atoms with van der Waals surface area (Å²) >= 11 is 0. The molecule has 0 saturated carbocycles. The van der Waals surface area contributed by atoms with E-state index in [0.717, 1.165) is 26.2 Å². The van der Waals surface area contributed by atoms with Gasteiger partial charge in [-0.25, -0.2) is 0 Å². The summed E-state index contributed by atoms with van der Waals surface area (Å²) in [7, 11) is 1.58. The number of anilines is 2. The number of nitrogens with zero attached hydrogens (tertiary/aromatic N) is 3. The van der Waals surface area contributed by atoms with Crippen molar-refractivity contribution < 1.29 is 9.53 Å². The molecule has 1 heterocycles. The molecule has 0 radical (unpaired) electrons. The van der Waals surface area contributed by atoms with E-state index >= 15 is 0 Å². The Morgan fingerprint density at radius 1 is 1.07 bits per heavy atom. The zero-order valence-electron chi connectivity index (χ0n) is 15.3. The maximum Gasteiger partial charge on any atom is 0.267 e. The number of hydrogen-bond acceptors (Lipinski definition) is 5. The lowest BCUT2D eigenvalue weighted by molar-refractivity contribution is -0.112. The Balaban J connectivity index is 1.59. The van der Waals surface area contributed by atoms with Gasteiger partial charge in [-0.2, -0.15) is 5.26 Å². The minimum atomic E-state index is -0.409. The quantitative estimate of drug-likeness (QED) is 0.654. The first kappa shape index (κ1) is 18.3. The highest BCUT2D eigenvalue weighted by Crippen LogP contribution is 2.17. The summed E-state index contributed by atoms with van der Waals surface area (Å²) in [5, 5.41) is 12.1. The highest BCUT2D eigenvalue weighted by molar-refractivity contribution is 6.06. The number of piperazine rings is 1. The molecular weight excluding hydrogens is 340 g/mol. The van der Waals surface area contributed by atoms with Gasteiger partial charge in [0.25, 0.3) is 5.91 Å². The average molecular weight is 362 g/mol. The Kier molecular flexibility index (Phi) is 5.95. The maximum absolute atomic E-state index is 12.4. The molecule has 1 N–H and O–H groups in total. The van der Waals surface area contributed by atoms with Crippen molar-refractivity contribution in [2.24, 2.45) is 0 Å². The molecule has 0 bridgehead atoms. The van der Waals surface area contributed by atoms with Crippen molar-refractivity contribution in [2.75, 3.05) is 43.5 Å². The summed E-state index contributed by atoms with van der Waals surface area (Å²) in [6, 6.07) is 19.2. The molecule has 1 amide bonds. The number of hydrogen-bond donors (Lipinski definition) is 1. The predicted octanol–water partition coefficient (Wildman–Crippen LogP) is 2.86. The molecule has 1 aliphatic heterocycles. The van der Waals surface area contributed by atoms with E-state index in [2.05, 4.69) is 22.3 Å². The fourth-order valence-corrected chi connectivity index (χ4v) is 2.94. The molecule has 1 aliphatic rings. The van der Waals surface area contributed by atoms with E-state index in [9.17, 15) is 10.1 Å². The zero-order chi connectivity index (χ0) is 19.1. The lowest BCUT2D eigenvalue weighted by atomic mass is 10.2. The molecule has 2 aromatic rings. The number of para-hydroxylation sites is 1. The van der Waals surface area contributed by atoms with Crippen LogP contribution in [0.1, 0.15) is 0 Å². The van der Waals surface area contributed by atoms with Gasteiger partial charge in [0.2, 0.25) is 0 Å². The van der Waals surface area contributed by atoms with E-state index in [1.807, 2.05) is 29.2 Å². The van der Waals surface area contributed by atoms with E-state index in [-0.39, 0.29) is 5.57 Å². The lowest BCUT2D eigenvalue weighted by Crippen LogP contribution is -2.44. The van der Waals surface area contributed by atoms with Crippen molar-refractivity contribution in [3.8, 4) is 11.8 Å². The number of methoxy groups -OCH3 is 1. The maximum atomic E-state index is 12.4. The molecular formula is C21H22N4O2. The van der Waals surface area contributed by atoms with Crippen LogP contribution in [0.3, 0.4) is 0 Å². The minimum Gasteiger partial charge on any atom is -0.497 e. The molecule has 0 spiro atoms. The molecule has 27 heavy (non-hydrogen) atoms. The van der Waals surface area contributed by atoms with Gasteiger partial charge in [-0.1, -0.05) is 18.2 Å². The van der Waals surface area contributed by atoms with Crippen molar-refractivity contribution in [2.45, 2.75) is 0 Å². The van der Waals surface area contributed by atoms with Crippen LogP contribution >= 0.6 is 0 Å². The normalized spacial score (nSPS) is 14.4. The van der Waals surface area contributed by atoms with Gasteiger partial charge in [-0.3, -0.25) is 4.79 Å². The first-order chi connectivity index (χ1) is 13.2. The molecule has 1 fully saturated rings. The Bertz CT molecular complexity index is 833. The van der Waals surface area contributed by atoms with Crippen molar-refractivity contribution in [1.29, 1.82) is 5.26 Å². The number of nitrogens with one attached hydrogen (secondary N) is 1. The van der Waals surface area contributed by atoms with Crippen LogP contribution in [0.15, 0.2) is 66.4 Å². The van der Waals surface area contributed by atoms with E-state index in [4.69, 9.17) is 4.74 Å². The summed E-state index contributed by atoms with van der Waals surface area (Å²) in [4.78, 5) is 16.7. The van der Waals surface area contributed by atoms with Crippen LogP contribution in [-0.2, 0) is 4.79 Å². The number of carbonyl (C=O) groups is 1. The number of ether oxygens (including phenoxy) is 1. The van der Waals surface area contributed by atoms with Gasteiger partial charge in [-0.15, -0.1) is 0 Å². The predicted molar refractivity (Wildman–Crippen MR) is 106 cm³/mol. The molecule has 6 nitrogen and oxygen atoms in total. The van der Waals surface area contributed by atoms with Crippen LogP contribution in [0.5, 0.6) is 5.75 Å². The Hall–Kier alpha value is -3.46. The second-order valence-electron chi connectivity index (χ2n) is 6.20. The fraction of sp³-hybridized carbons (Fsp3) is 0.238. The van der Waals surface area contributed by atoms with Crippen LogP contribution < -0.4 is 15.0 Å². The van der Waals surface area contributed by atoms with E-state index in [1.165, 1.54) is 5.69 Å². The Labute approximate surface area is 159 Å². The van der Waals surface area contributed by atoms with Gasteiger partial charge < -0.3 is 19.9 Å². The minimum absolute atomic E-state index is 0.0963. The Morgan fingerprint density at radius 2 is 1.74 bits per heavy atom. The second kappa shape index (κ2) is 8.77. The number of rotatable bonds is 5. The summed E-state index contributed by atoms with van der Waals surface area (Å²) in [5.74, 6) is 0.300. The second-order valence-corrected chi connectivity index (χ2v) is 6.20. The fourth-order valence-electron chi connectivity index (χ4n) is 2.94. The Morgan fingerprint density at radius 3 is 2.33 bits per heavy atom. The monoisotopic (exact) mass is 362 g/mol. The van der Waals surface area contributed by atoms with Crippen molar-refractivity contribution in [3.05, 3.63) is 66.4 Å². The molecule has 0 aromatic heterocycles. The van der Waals surface area contributed by atoms with Crippen LogP contribution in [0.25, 0.3) is 0 Å². The number of amides is 1. The molecule has 0 unspecified atom stereocenters. The molecule has 0 aliphatic carbocycles. The summed E-state index contributed by atoms with van der Waals surface area (Å²) in [6.07, 6.45) is 1.65. The van der Waals surface area contributed by atoms with Gasteiger partial charge in [-0.05, 0) is 36.4 Å². The molecule has 0 atom stereocenters. The number of carbonyl (C=O) groups excluding carboxylic acids is 1. The van der Waals surface area contributed by atoms with Gasteiger partial charge in [0.15, 0.2) is 0 Å². The number of nitriles is 1. The third kappa shape index (κ3) is 4.79. The van der Waals surface area contributed by atoms with Crippen molar-refractivity contribution in [3.63, 3.8) is 0 Å². The van der Waals surface area contributed by atoms with E-state index in [0.29, 0.717) is 11.4 Å². The molecule has 138 valence electrons. The smallest absolute Gasteiger partial charge is 0.267 e. The standard InChI is InChI=1S/C21H22N4O2/c1-27-20-9-7-18(8-10-20)23-21(26)17(15-22)16-24-11-13-25(14-12-24)19-5-3-2-4-6-19/h2-10,16H,11-14H2,1H3,(H,23,26). The average Bonchev–Trinajstić information content (AvgIpc) is 2.73. The first-order valence-electron chi connectivity index (χ1n) is 8.81. The van der Waals surface area contributed by atoms with Gasteiger partial charge in [0.05, 0.1) is 7.11 Å². The van der Waals surface area contributed by atoms with Crippen molar-refractivity contribution in [1.82, 2.24) is 4.90 Å². The highest BCUT2D eigenvalue weighted by atomic mass is 16.5. The summed E-state index contributed by atoms with van der Waals surface area (Å²) in [5.41, 5.74) is 1.91. The molecule has 2 aromatic carbocycles. The van der Waals surface area contributed by atoms with E-state index in [1.54, 1.807) is 37.6 Å². The van der Waals surface area contributed by atoms with Crippen LogP contribution in [0, 0.1) is 11.3 Å². The molecule has 1 saturated heterocycles. The van der Waals surface area contributed by atoms with Crippen LogP contribution in [0.4, 0.5) is 11.4 Å². The van der Waals surface area contributed by atoms with Gasteiger partial charge in [0, 0.05) is 43.8 Å². The molecule has 6 heteroatoms. The van der Waals surface area contributed by atoms with Gasteiger partial charge >= 0.3 is 0 Å². The largest absolute Gasteiger partial charge is 0.497 e.